The molecule has 0 spiro atoms. The first-order valence-corrected chi connectivity index (χ1v) is 9.00. The van der Waals surface area contributed by atoms with Gasteiger partial charge in [-0.05, 0) is 51.8 Å². The van der Waals surface area contributed by atoms with Crippen LogP contribution in [0.15, 0.2) is 24.3 Å². The summed E-state index contributed by atoms with van der Waals surface area (Å²) >= 11 is 0. The van der Waals surface area contributed by atoms with Crippen LogP contribution >= 0.6 is 0 Å². The number of carbonyl (C=O) groups is 4. The summed E-state index contributed by atoms with van der Waals surface area (Å²) in [6.45, 7) is 7.22. The number of hydrogen-bond donors (Lipinski definition) is 4. The van der Waals surface area contributed by atoms with Crippen molar-refractivity contribution in [2.75, 3.05) is 11.9 Å². The Morgan fingerprint density at radius 3 is 2.54 bits per heavy atom. The molecule has 0 bridgehead atoms. The summed E-state index contributed by atoms with van der Waals surface area (Å²) in [5.74, 6) is -0.678. The predicted molar refractivity (Wildman–Crippen MR) is 103 cm³/mol. The van der Waals surface area contributed by atoms with Gasteiger partial charge in [-0.1, -0.05) is 12.1 Å². The number of nitrogens with one attached hydrogen (secondary N) is 4. The van der Waals surface area contributed by atoms with Gasteiger partial charge in [-0.25, -0.2) is 9.59 Å². The van der Waals surface area contributed by atoms with Gasteiger partial charge < -0.3 is 20.7 Å². The van der Waals surface area contributed by atoms with Crippen LogP contribution in [0.25, 0.3) is 0 Å². The van der Waals surface area contributed by atoms with Crippen LogP contribution in [-0.4, -0.2) is 36.1 Å². The van der Waals surface area contributed by atoms with Gasteiger partial charge in [-0.2, -0.15) is 0 Å². The number of urea groups is 1. The van der Waals surface area contributed by atoms with Crippen LogP contribution in [0.3, 0.4) is 0 Å². The van der Waals surface area contributed by atoms with Crippen LogP contribution < -0.4 is 21.3 Å². The van der Waals surface area contributed by atoms with Crippen molar-refractivity contribution >= 4 is 29.6 Å². The van der Waals surface area contributed by atoms with Crippen LogP contribution in [0.4, 0.5) is 15.3 Å². The van der Waals surface area contributed by atoms with Crippen molar-refractivity contribution in [2.24, 2.45) is 0 Å². The third-order valence-corrected chi connectivity index (χ3v) is 4.02. The molecule has 4 N–H and O–H groups in total. The fourth-order valence-electron chi connectivity index (χ4n) is 2.63. The molecule has 1 unspecified atom stereocenters. The number of imide groups is 1. The largest absolute Gasteiger partial charge is 0.444 e. The number of amides is 5. The number of benzene rings is 1. The highest BCUT2D eigenvalue weighted by atomic mass is 16.6. The molecule has 28 heavy (non-hydrogen) atoms. The summed E-state index contributed by atoms with van der Waals surface area (Å²) < 4.78 is 5.11. The average Bonchev–Trinajstić information content (AvgIpc) is 2.83. The second-order valence-electron chi connectivity index (χ2n) is 7.69. The van der Waals surface area contributed by atoms with Gasteiger partial charge in [0.2, 0.25) is 5.91 Å². The van der Waals surface area contributed by atoms with E-state index in [0.717, 1.165) is 0 Å². The maximum Gasteiger partial charge on any atom is 0.407 e. The van der Waals surface area contributed by atoms with Gasteiger partial charge in [0, 0.05) is 18.7 Å². The van der Waals surface area contributed by atoms with Crippen molar-refractivity contribution in [3.63, 3.8) is 0 Å². The molecule has 152 valence electrons. The summed E-state index contributed by atoms with van der Waals surface area (Å²) in [5, 5.41) is 10.1. The lowest BCUT2D eigenvalue weighted by atomic mass is 9.92. The van der Waals surface area contributed by atoms with Crippen LogP contribution in [0.1, 0.15) is 46.1 Å². The lowest BCUT2D eigenvalue weighted by Crippen LogP contribution is -2.40. The van der Waals surface area contributed by atoms with Gasteiger partial charge in [0.05, 0.1) is 0 Å². The van der Waals surface area contributed by atoms with Crippen molar-refractivity contribution in [2.45, 2.75) is 51.7 Å². The Morgan fingerprint density at radius 2 is 1.93 bits per heavy atom. The number of rotatable bonds is 6. The first-order valence-electron chi connectivity index (χ1n) is 9.00. The van der Waals surface area contributed by atoms with E-state index in [-0.39, 0.29) is 12.3 Å². The normalized spacial score (nSPS) is 18.9. The van der Waals surface area contributed by atoms with Gasteiger partial charge in [0.1, 0.15) is 11.1 Å². The molecule has 1 aromatic carbocycles. The van der Waals surface area contributed by atoms with E-state index in [1.54, 1.807) is 52.0 Å². The van der Waals surface area contributed by atoms with E-state index in [1.807, 2.05) is 0 Å². The monoisotopic (exact) mass is 390 g/mol. The number of carbonyl (C=O) groups excluding carboxylic acids is 4. The van der Waals surface area contributed by atoms with Gasteiger partial charge in [-0.3, -0.25) is 14.9 Å². The van der Waals surface area contributed by atoms with E-state index in [9.17, 15) is 19.2 Å². The molecular weight excluding hydrogens is 364 g/mol. The number of hydrogen-bond acceptors (Lipinski definition) is 5. The number of ether oxygens (including phenoxy) is 1. The first-order chi connectivity index (χ1) is 13.0. The lowest BCUT2D eigenvalue weighted by Gasteiger charge is -2.21. The predicted octanol–water partition coefficient (Wildman–Crippen LogP) is 1.98. The Balaban J connectivity index is 1.84. The lowest BCUT2D eigenvalue weighted by molar-refractivity contribution is -0.123. The summed E-state index contributed by atoms with van der Waals surface area (Å²) in [6.07, 6.45) is 0.126. The van der Waals surface area contributed by atoms with Gasteiger partial charge in [-0.15, -0.1) is 0 Å². The molecule has 9 heteroatoms. The topological polar surface area (TPSA) is 126 Å². The Bertz CT molecular complexity index is 787. The second-order valence-corrected chi connectivity index (χ2v) is 7.69. The van der Waals surface area contributed by atoms with E-state index in [2.05, 4.69) is 21.3 Å². The van der Waals surface area contributed by atoms with Crippen LogP contribution in [0.5, 0.6) is 0 Å². The highest BCUT2D eigenvalue weighted by Gasteiger charge is 2.43. The zero-order chi connectivity index (χ0) is 20.9. The van der Waals surface area contributed by atoms with Crippen molar-refractivity contribution in [1.82, 2.24) is 16.0 Å². The maximum atomic E-state index is 12.1. The molecule has 0 radical (unpaired) electrons. The summed E-state index contributed by atoms with van der Waals surface area (Å²) in [6, 6.07) is 6.17. The zero-order valence-corrected chi connectivity index (χ0v) is 16.5. The van der Waals surface area contributed by atoms with Crippen molar-refractivity contribution in [1.29, 1.82) is 0 Å². The van der Waals surface area contributed by atoms with E-state index >= 15 is 0 Å². The SMILES string of the molecule is CC(C)(C)OC(=O)NCCCC(=O)Nc1cccc(C2(C)NC(=O)NC2=O)c1. The summed E-state index contributed by atoms with van der Waals surface area (Å²) in [4.78, 5) is 47.1. The van der Waals surface area contributed by atoms with Crippen LogP contribution in [0, 0.1) is 0 Å². The second kappa shape index (κ2) is 8.28. The van der Waals surface area contributed by atoms with E-state index in [0.29, 0.717) is 24.2 Å². The van der Waals surface area contributed by atoms with Crippen LogP contribution in [-0.2, 0) is 19.9 Å². The van der Waals surface area contributed by atoms with Crippen molar-refractivity contribution < 1.29 is 23.9 Å². The molecule has 0 aromatic heterocycles. The maximum absolute atomic E-state index is 12.1. The Kier molecular flexibility index (Phi) is 6.27. The number of alkyl carbamates (subject to hydrolysis) is 1. The van der Waals surface area contributed by atoms with Crippen LogP contribution in [0.2, 0.25) is 0 Å². The minimum atomic E-state index is -1.19. The highest BCUT2D eigenvalue weighted by Crippen LogP contribution is 2.26. The van der Waals surface area contributed by atoms with Crippen molar-refractivity contribution in [3.8, 4) is 0 Å². The molecule has 1 atom stereocenters. The fourth-order valence-corrected chi connectivity index (χ4v) is 2.63. The fraction of sp³-hybridized carbons (Fsp3) is 0.474. The molecule has 1 saturated heterocycles. The molecule has 1 aliphatic heterocycles. The number of anilines is 1. The molecule has 1 aromatic rings. The van der Waals surface area contributed by atoms with Gasteiger partial charge in [0.15, 0.2) is 0 Å². The molecule has 1 fully saturated rings. The highest BCUT2D eigenvalue weighted by molar-refractivity contribution is 6.07. The molecule has 5 amide bonds. The molecule has 1 heterocycles. The average molecular weight is 390 g/mol. The third-order valence-electron chi connectivity index (χ3n) is 4.02. The Morgan fingerprint density at radius 1 is 1.21 bits per heavy atom. The quantitative estimate of drug-likeness (QED) is 0.437. The van der Waals surface area contributed by atoms with Crippen molar-refractivity contribution in [3.05, 3.63) is 29.8 Å². The van der Waals surface area contributed by atoms with E-state index in [1.165, 1.54) is 0 Å². The third kappa shape index (κ3) is 5.70. The molecule has 1 aliphatic rings. The summed E-state index contributed by atoms with van der Waals surface area (Å²) in [5.41, 5.74) is -0.688. The standard InChI is InChI=1S/C19H26N4O5/c1-18(2,3)28-17(27)20-10-6-9-14(24)21-13-8-5-7-12(11-13)19(4)15(25)22-16(26)23-19/h5,7-8,11H,6,9-10H2,1-4H3,(H,20,27)(H,21,24)(H2,22,23,25,26). The Labute approximate surface area is 163 Å². The van der Waals surface area contributed by atoms with E-state index in [4.69, 9.17) is 4.74 Å². The molecule has 0 aliphatic carbocycles. The molecular formula is C19H26N4O5. The Hall–Kier alpha value is -3.10. The smallest absolute Gasteiger partial charge is 0.407 e. The summed E-state index contributed by atoms with van der Waals surface area (Å²) in [7, 11) is 0. The first kappa shape index (κ1) is 21.2. The molecule has 2 rings (SSSR count). The van der Waals surface area contributed by atoms with Gasteiger partial charge in [0.25, 0.3) is 5.91 Å². The minimum Gasteiger partial charge on any atom is -0.444 e. The zero-order valence-electron chi connectivity index (χ0n) is 16.5. The van der Waals surface area contributed by atoms with Gasteiger partial charge >= 0.3 is 12.1 Å². The molecule has 0 saturated carbocycles. The minimum absolute atomic E-state index is 0.203. The van der Waals surface area contributed by atoms with E-state index < -0.39 is 29.2 Å². The molecule has 9 nitrogen and oxygen atoms in total.